The fourth-order valence-electron chi connectivity index (χ4n) is 3.42. The van der Waals surface area contributed by atoms with E-state index < -0.39 is 9.84 Å². The Labute approximate surface area is 191 Å². The predicted octanol–water partition coefficient (Wildman–Crippen LogP) is 4.79. The molecule has 2 aromatic heterocycles. The number of sulfone groups is 1. The second-order valence-corrected chi connectivity index (χ2v) is 10.6. The van der Waals surface area contributed by atoms with Gasteiger partial charge >= 0.3 is 0 Å². The van der Waals surface area contributed by atoms with Gasteiger partial charge in [-0.15, -0.1) is 0 Å². The van der Waals surface area contributed by atoms with Crippen LogP contribution in [0.1, 0.15) is 24.0 Å². The molecule has 4 rings (SSSR count). The second-order valence-electron chi connectivity index (χ2n) is 7.49. The summed E-state index contributed by atoms with van der Waals surface area (Å²) in [5.74, 6) is -0.239. The van der Waals surface area contributed by atoms with Crippen LogP contribution in [0.5, 0.6) is 0 Å². The van der Waals surface area contributed by atoms with Crippen molar-refractivity contribution in [1.82, 2.24) is 9.97 Å². The molecule has 32 heavy (non-hydrogen) atoms. The van der Waals surface area contributed by atoms with E-state index in [0.29, 0.717) is 11.7 Å². The molecule has 0 aliphatic heterocycles. The van der Waals surface area contributed by atoms with Crippen molar-refractivity contribution in [3.63, 3.8) is 0 Å². The number of aromatic nitrogens is 2. The molecule has 0 saturated heterocycles. The van der Waals surface area contributed by atoms with Crippen LogP contribution in [-0.2, 0) is 21.2 Å². The Morgan fingerprint density at radius 1 is 1.03 bits per heavy atom. The molecule has 2 aromatic carbocycles. The minimum absolute atomic E-state index is 0.0809. The SMILES string of the molecule is Cc1cccc2sc(N(Cc3cccnc3)C(=O)CCCS(=O)(=O)c3ccccc3)nc12. The third-order valence-electron chi connectivity index (χ3n) is 5.11. The summed E-state index contributed by atoms with van der Waals surface area (Å²) in [6, 6.07) is 18.0. The van der Waals surface area contributed by atoms with Gasteiger partial charge in [-0.1, -0.05) is 47.7 Å². The molecule has 0 atom stereocenters. The Kier molecular flexibility index (Phi) is 6.62. The first-order chi connectivity index (χ1) is 15.4. The number of carbonyl (C=O) groups is 1. The lowest BCUT2D eigenvalue weighted by Crippen LogP contribution is -2.30. The van der Waals surface area contributed by atoms with Crippen molar-refractivity contribution in [3.05, 3.63) is 84.2 Å². The molecule has 0 bridgehead atoms. The van der Waals surface area contributed by atoms with Crippen LogP contribution in [-0.4, -0.2) is 30.0 Å². The molecule has 0 aliphatic rings. The van der Waals surface area contributed by atoms with Gasteiger partial charge in [-0.25, -0.2) is 13.4 Å². The fraction of sp³-hybridized carbons (Fsp3) is 0.208. The molecule has 0 unspecified atom stereocenters. The van der Waals surface area contributed by atoms with Gasteiger partial charge in [0.05, 0.1) is 27.4 Å². The van der Waals surface area contributed by atoms with E-state index >= 15 is 0 Å². The number of thiazole rings is 1. The third-order valence-corrected chi connectivity index (χ3v) is 7.97. The molecule has 0 radical (unpaired) electrons. The van der Waals surface area contributed by atoms with Crippen molar-refractivity contribution in [1.29, 1.82) is 0 Å². The smallest absolute Gasteiger partial charge is 0.229 e. The van der Waals surface area contributed by atoms with Crippen molar-refractivity contribution in [2.75, 3.05) is 10.7 Å². The highest BCUT2D eigenvalue weighted by Gasteiger charge is 2.22. The maximum atomic E-state index is 13.2. The van der Waals surface area contributed by atoms with Crippen LogP contribution in [0.3, 0.4) is 0 Å². The van der Waals surface area contributed by atoms with Crippen molar-refractivity contribution >= 4 is 42.4 Å². The van der Waals surface area contributed by atoms with Gasteiger partial charge in [-0.2, -0.15) is 0 Å². The maximum Gasteiger partial charge on any atom is 0.229 e. The van der Waals surface area contributed by atoms with Gasteiger partial charge in [0.15, 0.2) is 15.0 Å². The summed E-state index contributed by atoms with van der Waals surface area (Å²) in [7, 11) is -3.43. The number of rotatable bonds is 8. The normalized spacial score (nSPS) is 11.5. The molecule has 0 aliphatic carbocycles. The van der Waals surface area contributed by atoms with E-state index in [0.717, 1.165) is 21.3 Å². The van der Waals surface area contributed by atoms with Crippen LogP contribution in [0, 0.1) is 6.92 Å². The average Bonchev–Trinajstić information content (AvgIpc) is 3.24. The molecule has 164 valence electrons. The number of aryl methyl sites for hydroxylation is 1. The first kappa shape index (κ1) is 22.1. The first-order valence-electron chi connectivity index (χ1n) is 10.3. The van der Waals surface area contributed by atoms with E-state index in [4.69, 9.17) is 4.98 Å². The highest BCUT2D eigenvalue weighted by Crippen LogP contribution is 2.32. The van der Waals surface area contributed by atoms with Crippen molar-refractivity contribution < 1.29 is 13.2 Å². The largest absolute Gasteiger partial charge is 0.284 e. The number of amides is 1. The minimum Gasteiger partial charge on any atom is -0.284 e. The van der Waals surface area contributed by atoms with Crippen LogP contribution < -0.4 is 4.90 Å². The summed E-state index contributed by atoms with van der Waals surface area (Å²) in [6.45, 7) is 2.32. The topological polar surface area (TPSA) is 80.2 Å². The number of para-hydroxylation sites is 1. The van der Waals surface area contributed by atoms with Crippen LogP contribution in [0.15, 0.2) is 78.0 Å². The zero-order valence-electron chi connectivity index (χ0n) is 17.6. The third kappa shape index (κ3) is 5.03. The molecule has 8 heteroatoms. The molecule has 0 fully saturated rings. The lowest BCUT2D eigenvalue weighted by molar-refractivity contribution is -0.118. The van der Waals surface area contributed by atoms with Gasteiger partial charge in [-0.05, 0) is 48.7 Å². The second kappa shape index (κ2) is 9.58. The molecule has 2 heterocycles. The van der Waals surface area contributed by atoms with Gasteiger partial charge in [0.1, 0.15) is 0 Å². The van der Waals surface area contributed by atoms with Crippen LogP contribution in [0.25, 0.3) is 10.2 Å². The highest BCUT2D eigenvalue weighted by molar-refractivity contribution is 7.91. The number of hydrogen-bond donors (Lipinski definition) is 0. The number of anilines is 1. The number of pyridine rings is 1. The zero-order chi connectivity index (χ0) is 22.6. The van der Waals surface area contributed by atoms with E-state index in [1.165, 1.54) is 11.3 Å². The molecular weight excluding hydrogens is 442 g/mol. The van der Waals surface area contributed by atoms with Crippen molar-refractivity contribution in [2.45, 2.75) is 31.2 Å². The molecular formula is C24H23N3O3S2. The Morgan fingerprint density at radius 3 is 2.56 bits per heavy atom. The number of hydrogen-bond acceptors (Lipinski definition) is 6. The van der Waals surface area contributed by atoms with Crippen molar-refractivity contribution in [2.24, 2.45) is 0 Å². The van der Waals surface area contributed by atoms with Crippen LogP contribution in [0.4, 0.5) is 5.13 Å². The Bertz CT molecular complexity index is 1320. The molecule has 4 aromatic rings. The number of carbonyl (C=O) groups excluding carboxylic acids is 1. The summed E-state index contributed by atoms with van der Waals surface area (Å²) in [4.78, 5) is 24.0. The quantitative estimate of drug-likeness (QED) is 0.374. The predicted molar refractivity (Wildman–Crippen MR) is 128 cm³/mol. The maximum absolute atomic E-state index is 13.2. The summed E-state index contributed by atoms with van der Waals surface area (Å²) in [5.41, 5.74) is 2.81. The lowest BCUT2D eigenvalue weighted by atomic mass is 10.2. The number of nitrogens with zero attached hydrogens (tertiary/aromatic N) is 3. The Morgan fingerprint density at radius 2 is 1.84 bits per heavy atom. The molecule has 6 nitrogen and oxygen atoms in total. The van der Waals surface area contributed by atoms with Crippen LogP contribution in [0.2, 0.25) is 0 Å². The van der Waals surface area contributed by atoms with E-state index in [1.807, 2.05) is 37.3 Å². The van der Waals surface area contributed by atoms with E-state index in [2.05, 4.69) is 4.98 Å². The first-order valence-corrected chi connectivity index (χ1v) is 12.7. The van der Waals surface area contributed by atoms with Gasteiger partial charge < -0.3 is 0 Å². The Balaban J connectivity index is 1.54. The summed E-state index contributed by atoms with van der Waals surface area (Å²) >= 11 is 1.46. The molecule has 1 amide bonds. The molecule has 0 saturated carbocycles. The summed E-state index contributed by atoms with van der Waals surface area (Å²) in [6.07, 6.45) is 3.76. The molecule has 0 N–H and O–H groups in total. The van der Waals surface area contributed by atoms with E-state index in [-0.39, 0.29) is 29.4 Å². The van der Waals surface area contributed by atoms with Gasteiger partial charge in [-0.3, -0.25) is 14.7 Å². The standard InChI is InChI=1S/C24H23N3O3S2/c1-18-8-5-12-21-23(18)26-24(31-21)27(17-19-9-6-14-25-16-19)22(28)13-7-15-32(29,30)20-10-3-2-4-11-20/h2-6,8-12,14,16H,7,13,15,17H2,1H3. The van der Waals surface area contributed by atoms with Gasteiger partial charge in [0.25, 0.3) is 0 Å². The van der Waals surface area contributed by atoms with Crippen LogP contribution >= 0.6 is 11.3 Å². The number of benzene rings is 2. The summed E-state index contributed by atoms with van der Waals surface area (Å²) in [5, 5.41) is 0.606. The fourth-order valence-corrected chi connectivity index (χ4v) is 5.81. The van der Waals surface area contributed by atoms with E-state index in [1.54, 1.807) is 47.6 Å². The zero-order valence-corrected chi connectivity index (χ0v) is 19.3. The monoisotopic (exact) mass is 465 g/mol. The Hall–Kier alpha value is -3.10. The summed E-state index contributed by atoms with van der Waals surface area (Å²) < 4.78 is 26.1. The minimum atomic E-state index is -3.43. The number of fused-ring (bicyclic) bond motifs is 1. The van der Waals surface area contributed by atoms with E-state index in [9.17, 15) is 13.2 Å². The van der Waals surface area contributed by atoms with Crippen molar-refractivity contribution in [3.8, 4) is 0 Å². The van der Waals surface area contributed by atoms with Gasteiger partial charge in [0.2, 0.25) is 5.91 Å². The average molecular weight is 466 g/mol. The highest BCUT2D eigenvalue weighted by atomic mass is 32.2. The lowest BCUT2D eigenvalue weighted by Gasteiger charge is -2.20. The molecule has 0 spiro atoms. The van der Waals surface area contributed by atoms with Gasteiger partial charge in [0, 0.05) is 18.8 Å².